The van der Waals surface area contributed by atoms with Gasteiger partial charge in [-0.1, -0.05) is 18.2 Å². The van der Waals surface area contributed by atoms with Gasteiger partial charge in [-0.15, -0.1) is 0 Å². The number of methoxy groups -OCH3 is 1. The number of furan rings is 1. The van der Waals surface area contributed by atoms with E-state index in [9.17, 15) is 14.4 Å². The Hall–Kier alpha value is -4.99. The Bertz CT molecular complexity index is 1780. The lowest BCUT2D eigenvalue weighted by Gasteiger charge is -2.13. The molecule has 1 N–H and O–H groups in total. The SMILES string of the molecule is COc1ccc(NC(=O)Cn2c(=O)n(Cc3ccc4c(c3)OCO4)c(=O)c3oc4ccccc4c32)cc1. The molecule has 1 amide bonds. The molecule has 2 aromatic heterocycles. The molecule has 0 radical (unpaired) electrons. The number of hydrogen-bond donors (Lipinski definition) is 1. The molecule has 0 spiro atoms. The number of carbonyl (C=O) groups excluding carboxylic acids is 1. The van der Waals surface area contributed by atoms with Gasteiger partial charge in [-0.2, -0.15) is 0 Å². The van der Waals surface area contributed by atoms with Gasteiger partial charge < -0.3 is 23.9 Å². The monoisotopic (exact) mass is 499 g/mol. The van der Waals surface area contributed by atoms with Crippen LogP contribution in [0.25, 0.3) is 22.1 Å². The molecule has 0 bridgehead atoms. The number of nitrogens with one attached hydrogen (secondary N) is 1. The number of ether oxygens (including phenoxy) is 3. The van der Waals surface area contributed by atoms with Crippen LogP contribution in [0.1, 0.15) is 5.56 Å². The first-order chi connectivity index (χ1) is 18.0. The quantitative estimate of drug-likeness (QED) is 0.381. The second kappa shape index (κ2) is 8.90. The van der Waals surface area contributed by atoms with E-state index in [4.69, 9.17) is 18.6 Å². The van der Waals surface area contributed by atoms with Crippen molar-refractivity contribution in [3.63, 3.8) is 0 Å². The third-order valence-corrected chi connectivity index (χ3v) is 6.19. The molecule has 0 saturated carbocycles. The molecule has 0 aliphatic carbocycles. The molecule has 6 rings (SSSR count). The average Bonchev–Trinajstić information content (AvgIpc) is 3.54. The van der Waals surface area contributed by atoms with Gasteiger partial charge in [0.1, 0.15) is 23.4 Å². The zero-order valence-corrected chi connectivity index (χ0v) is 19.7. The minimum absolute atomic E-state index is 0.00112. The average molecular weight is 499 g/mol. The zero-order valence-electron chi connectivity index (χ0n) is 19.7. The van der Waals surface area contributed by atoms with Crippen LogP contribution in [-0.4, -0.2) is 28.9 Å². The number of carbonyl (C=O) groups is 1. The van der Waals surface area contributed by atoms with Crippen molar-refractivity contribution >= 4 is 33.7 Å². The number of amides is 1. The Morgan fingerprint density at radius 1 is 0.973 bits per heavy atom. The van der Waals surface area contributed by atoms with Crippen molar-refractivity contribution < 1.29 is 23.4 Å². The standard InChI is InChI=1S/C27H21N3O7/c1-34-18-9-7-17(8-10-18)28-23(31)14-29-24-19-4-2-3-5-20(19)37-25(24)26(32)30(27(29)33)13-16-6-11-21-22(12-16)36-15-35-21/h2-12H,13-15H2,1H3,(H,28,31). The summed E-state index contributed by atoms with van der Waals surface area (Å²) in [5.74, 6) is 1.34. The van der Waals surface area contributed by atoms with E-state index in [1.165, 1.54) is 4.57 Å². The fourth-order valence-corrected chi connectivity index (χ4v) is 4.42. The number of hydrogen-bond acceptors (Lipinski definition) is 7. The number of aromatic nitrogens is 2. The zero-order chi connectivity index (χ0) is 25.5. The van der Waals surface area contributed by atoms with Gasteiger partial charge in [0.05, 0.1) is 13.7 Å². The van der Waals surface area contributed by atoms with E-state index in [0.29, 0.717) is 39.5 Å². The van der Waals surface area contributed by atoms with E-state index in [1.807, 2.05) is 0 Å². The first-order valence-electron chi connectivity index (χ1n) is 11.5. The van der Waals surface area contributed by atoms with Gasteiger partial charge in [0.2, 0.25) is 18.3 Å². The number of fused-ring (bicyclic) bond motifs is 4. The fourth-order valence-electron chi connectivity index (χ4n) is 4.42. The number of rotatable bonds is 6. The van der Waals surface area contributed by atoms with Gasteiger partial charge in [0.15, 0.2) is 11.5 Å². The highest BCUT2D eigenvalue weighted by atomic mass is 16.7. The van der Waals surface area contributed by atoms with Gasteiger partial charge >= 0.3 is 5.69 Å². The van der Waals surface area contributed by atoms with E-state index in [0.717, 1.165) is 4.57 Å². The van der Waals surface area contributed by atoms with Crippen LogP contribution in [0.4, 0.5) is 5.69 Å². The first kappa shape index (κ1) is 22.5. The second-order valence-electron chi connectivity index (χ2n) is 8.50. The molecule has 37 heavy (non-hydrogen) atoms. The lowest BCUT2D eigenvalue weighted by Crippen LogP contribution is -2.41. The summed E-state index contributed by atoms with van der Waals surface area (Å²) in [5.41, 5.74) is 0.705. The van der Waals surface area contributed by atoms with Crippen molar-refractivity contribution in [2.24, 2.45) is 0 Å². The topological polar surface area (TPSA) is 114 Å². The normalized spacial score (nSPS) is 12.2. The number of anilines is 1. The molecule has 1 aliphatic rings. The van der Waals surface area contributed by atoms with Crippen molar-refractivity contribution in [3.8, 4) is 17.2 Å². The van der Waals surface area contributed by atoms with Gasteiger partial charge in [-0.05, 0) is 54.1 Å². The van der Waals surface area contributed by atoms with E-state index < -0.39 is 17.2 Å². The van der Waals surface area contributed by atoms with Crippen LogP contribution >= 0.6 is 0 Å². The molecule has 3 aromatic carbocycles. The van der Waals surface area contributed by atoms with E-state index >= 15 is 0 Å². The van der Waals surface area contributed by atoms with Crippen LogP contribution < -0.4 is 30.8 Å². The third-order valence-electron chi connectivity index (χ3n) is 6.19. The van der Waals surface area contributed by atoms with Gasteiger partial charge in [0, 0.05) is 11.1 Å². The summed E-state index contributed by atoms with van der Waals surface area (Å²) < 4.78 is 24.1. The summed E-state index contributed by atoms with van der Waals surface area (Å²) in [5, 5.41) is 3.35. The predicted molar refractivity (Wildman–Crippen MR) is 136 cm³/mol. The molecule has 5 aromatic rings. The Balaban J connectivity index is 1.44. The molecule has 10 nitrogen and oxygen atoms in total. The van der Waals surface area contributed by atoms with Crippen molar-refractivity contribution in [2.45, 2.75) is 13.1 Å². The summed E-state index contributed by atoms with van der Waals surface area (Å²) in [6, 6.07) is 19.0. The van der Waals surface area contributed by atoms with Crippen molar-refractivity contribution in [1.29, 1.82) is 0 Å². The van der Waals surface area contributed by atoms with Crippen molar-refractivity contribution in [3.05, 3.63) is 93.1 Å². The van der Waals surface area contributed by atoms with Crippen molar-refractivity contribution in [2.75, 3.05) is 19.2 Å². The van der Waals surface area contributed by atoms with Crippen LogP contribution in [-0.2, 0) is 17.9 Å². The molecule has 186 valence electrons. The number of para-hydroxylation sites is 1. The van der Waals surface area contributed by atoms with E-state index in [1.54, 1.807) is 73.8 Å². The molecule has 10 heteroatoms. The van der Waals surface area contributed by atoms with Gasteiger partial charge in [0.25, 0.3) is 5.56 Å². The minimum atomic E-state index is -0.633. The highest BCUT2D eigenvalue weighted by molar-refractivity contribution is 6.03. The van der Waals surface area contributed by atoms with Crippen molar-refractivity contribution in [1.82, 2.24) is 9.13 Å². The summed E-state index contributed by atoms with van der Waals surface area (Å²) in [6.07, 6.45) is 0. The van der Waals surface area contributed by atoms with Crippen LogP contribution in [0.2, 0.25) is 0 Å². The Labute approximate surface area is 209 Å². The molecule has 0 saturated heterocycles. The summed E-state index contributed by atoms with van der Waals surface area (Å²) >= 11 is 0. The summed E-state index contributed by atoms with van der Waals surface area (Å²) in [6.45, 7) is -0.256. The molecule has 1 aliphatic heterocycles. The summed E-state index contributed by atoms with van der Waals surface area (Å²) in [7, 11) is 1.55. The highest BCUT2D eigenvalue weighted by Crippen LogP contribution is 2.32. The fraction of sp³-hybridized carbons (Fsp3) is 0.148. The molecule has 0 fully saturated rings. The van der Waals surface area contributed by atoms with Crippen LogP contribution in [0.3, 0.4) is 0 Å². The molecule has 0 unspecified atom stereocenters. The lowest BCUT2D eigenvalue weighted by molar-refractivity contribution is -0.116. The maximum Gasteiger partial charge on any atom is 0.332 e. The Morgan fingerprint density at radius 3 is 2.57 bits per heavy atom. The highest BCUT2D eigenvalue weighted by Gasteiger charge is 2.22. The second-order valence-corrected chi connectivity index (χ2v) is 8.50. The molecular formula is C27H21N3O7. The maximum absolute atomic E-state index is 13.7. The van der Waals surface area contributed by atoms with Gasteiger partial charge in [-0.3, -0.25) is 18.7 Å². The van der Waals surface area contributed by atoms with E-state index in [-0.39, 0.29) is 31.0 Å². The van der Waals surface area contributed by atoms with E-state index in [2.05, 4.69) is 5.32 Å². The number of nitrogens with zero attached hydrogens (tertiary/aromatic N) is 2. The molecule has 3 heterocycles. The lowest BCUT2D eigenvalue weighted by atomic mass is 10.2. The minimum Gasteiger partial charge on any atom is -0.497 e. The first-order valence-corrected chi connectivity index (χ1v) is 11.5. The smallest absolute Gasteiger partial charge is 0.332 e. The maximum atomic E-state index is 13.7. The van der Waals surface area contributed by atoms with Crippen LogP contribution in [0, 0.1) is 0 Å². The van der Waals surface area contributed by atoms with Crippen LogP contribution in [0.15, 0.2) is 80.7 Å². The van der Waals surface area contributed by atoms with Gasteiger partial charge in [-0.25, -0.2) is 4.79 Å². The molecule has 0 atom stereocenters. The summed E-state index contributed by atoms with van der Waals surface area (Å²) in [4.78, 5) is 40.1. The number of benzene rings is 3. The Morgan fingerprint density at radius 2 is 1.76 bits per heavy atom. The largest absolute Gasteiger partial charge is 0.497 e. The predicted octanol–water partition coefficient (Wildman–Crippen LogP) is 3.33. The van der Waals surface area contributed by atoms with Crippen LogP contribution in [0.5, 0.6) is 17.2 Å². The third kappa shape index (κ3) is 3.98. The Kier molecular flexibility index (Phi) is 5.41. The molecular weight excluding hydrogens is 478 g/mol.